The lowest BCUT2D eigenvalue weighted by Crippen LogP contribution is -2.36. The van der Waals surface area contributed by atoms with Crippen LogP contribution in [0.4, 0.5) is 4.39 Å². The van der Waals surface area contributed by atoms with Gasteiger partial charge >= 0.3 is 0 Å². The van der Waals surface area contributed by atoms with Crippen molar-refractivity contribution in [1.82, 2.24) is 15.3 Å². The molecule has 1 amide bonds. The summed E-state index contributed by atoms with van der Waals surface area (Å²) >= 11 is 0. The average Bonchev–Trinajstić information content (AvgIpc) is 3.00. The molecule has 1 aromatic carbocycles. The highest BCUT2D eigenvalue weighted by molar-refractivity contribution is 5.79. The third-order valence-electron chi connectivity index (χ3n) is 3.84. The molecule has 0 bridgehead atoms. The first-order chi connectivity index (χ1) is 10.7. The number of H-pyrrole nitrogens is 1. The number of aromatic amines is 1. The quantitative estimate of drug-likeness (QED) is 0.828. The predicted octanol–water partition coefficient (Wildman–Crippen LogP) is 1.85. The van der Waals surface area contributed by atoms with Crippen molar-refractivity contribution in [1.29, 1.82) is 0 Å². The smallest absolute Gasteiger partial charge is 0.223 e. The van der Waals surface area contributed by atoms with Crippen LogP contribution in [0.2, 0.25) is 0 Å². The van der Waals surface area contributed by atoms with Crippen LogP contribution in [-0.2, 0) is 17.6 Å². The number of imidazole rings is 1. The van der Waals surface area contributed by atoms with Gasteiger partial charge in [-0.15, -0.1) is 0 Å². The highest BCUT2D eigenvalue weighted by atomic mass is 19.1. The lowest BCUT2D eigenvalue weighted by atomic mass is 9.89. The van der Waals surface area contributed by atoms with E-state index in [0.29, 0.717) is 25.3 Å². The Balaban J connectivity index is 1.40. The summed E-state index contributed by atoms with van der Waals surface area (Å²) < 4.78 is 18.2. The summed E-state index contributed by atoms with van der Waals surface area (Å²) in [4.78, 5) is 19.5. The molecule has 1 unspecified atom stereocenters. The van der Waals surface area contributed by atoms with Gasteiger partial charge in [0.05, 0.1) is 18.6 Å². The molecule has 1 aliphatic carbocycles. The molecule has 2 N–H and O–H groups in total. The molecule has 5 nitrogen and oxygen atoms in total. The molecule has 0 saturated carbocycles. The molecule has 22 heavy (non-hydrogen) atoms. The van der Waals surface area contributed by atoms with Gasteiger partial charge in [-0.2, -0.15) is 0 Å². The van der Waals surface area contributed by atoms with Crippen molar-refractivity contribution in [3.05, 3.63) is 47.8 Å². The van der Waals surface area contributed by atoms with Crippen LogP contribution in [-0.4, -0.2) is 29.0 Å². The number of fused-ring (bicyclic) bond motifs is 1. The number of amides is 1. The minimum Gasteiger partial charge on any atom is -0.492 e. The molecule has 1 aromatic heterocycles. The monoisotopic (exact) mass is 303 g/mol. The van der Waals surface area contributed by atoms with Gasteiger partial charge in [0, 0.05) is 18.0 Å². The molecule has 1 aliphatic rings. The largest absolute Gasteiger partial charge is 0.492 e. The molecule has 1 heterocycles. The highest BCUT2D eigenvalue weighted by Crippen LogP contribution is 2.22. The van der Waals surface area contributed by atoms with Crippen molar-refractivity contribution >= 4 is 5.91 Å². The Labute approximate surface area is 127 Å². The van der Waals surface area contributed by atoms with Crippen LogP contribution in [0, 0.1) is 11.7 Å². The van der Waals surface area contributed by atoms with Crippen LogP contribution < -0.4 is 10.1 Å². The molecular formula is C16H18FN3O2. The number of nitrogens with zero attached hydrogens (tertiary/aromatic N) is 1. The summed E-state index contributed by atoms with van der Waals surface area (Å²) in [5, 5.41) is 2.88. The van der Waals surface area contributed by atoms with E-state index >= 15 is 0 Å². The molecule has 0 saturated heterocycles. The van der Waals surface area contributed by atoms with E-state index in [2.05, 4.69) is 15.3 Å². The zero-order valence-electron chi connectivity index (χ0n) is 12.1. The van der Waals surface area contributed by atoms with Crippen molar-refractivity contribution in [2.45, 2.75) is 19.3 Å². The van der Waals surface area contributed by atoms with Crippen molar-refractivity contribution in [2.75, 3.05) is 13.2 Å². The number of hydrogen-bond acceptors (Lipinski definition) is 3. The van der Waals surface area contributed by atoms with Gasteiger partial charge in [-0.25, -0.2) is 9.37 Å². The van der Waals surface area contributed by atoms with Gasteiger partial charge in [-0.3, -0.25) is 4.79 Å². The van der Waals surface area contributed by atoms with E-state index < -0.39 is 0 Å². The third kappa shape index (κ3) is 3.44. The van der Waals surface area contributed by atoms with E-state index in [9.17, 15) is 9.18 Å². The molecule has 2 aromatic rings. The number of benzene rings is 1. The number of hydrogen-bond donors (Lipinski definition) is 2. The number of rotatable bonds is 5. The second-order valence-corrected chi connectivity index (χ2v) is 5.36. The standard InChI is InChI=1S/C16H18FN3O2/c17-12-2-4-13(5-3-12)22-8-7-18-16(21)11-1-6-14-15(9-11)20-10-19-14/h2-5,10-11H,1,6-9H2,(H,18,21)(H,19,20). The first-order valence-electron chi connectivity index (χ1n) is 7.39. The van der Waals surface area contributed by atoms with E-state index in [1.165, 1.54) is 12.1 Å². The van der Waals surface area contributed by atoms with Crippen LogP contribution in [0.3, 0.4) is 0 Å². The van der Waals surface area contributed by atoms with E-state index in [0.717, 1.165) is 24.2 Å². The van der Waals surface area contributed by atoms with Gasteiger partial charge in [0.2, 0.25) is 5.91 Å². The Hall–Kier alpha value is -2.37. The van der Waals surface area contributed by atoms with Crippen molar-refractivity contribution in [2.24, 2.45) is 5.92 Å². The summed E-state index contributed by atoms with van der Waals surface area (Å²) in [5.74, 6) is 0.327. The van der Waals surface area contributed by atoms with Crippen LogP contribution in [0.5, 0.6) is 5.75 Å². The molecule has 116 valence electrons. The van der Waals surface area contributed by atoms with Gasteiger partial charge in [0.1, 0.15) is 18.2 Å². The van der Waals surface area contributed by atoms with E-state index in [1.807, 2.05) is 0 Å². The zero-order valence-corrected chi connectivity index (χ0v) is 12.1. The number of nitrogens with one attached hydrogen (secondary N) is 2. The number of ether oxygens (including phenoxy) is 1. The molecule has 0 radical (unpaired) electrons. The first-order valence-corrected chi connectivity index (χ1v) is 7.39. The maximum Gasteiger partial charge on any atom is 0.223 e. The maximum atomic E-state index is 12.7. The molecule has 0 aliphatic heterocycles. The fourth-order valence-corrected chi connectivity index (χ4v) is 2.64. The van der Waals surface area contributed by atoms with Crippen molar-refractivity contribution in [3.8, 4) is 5.75 Å². The van der Waals surface area contributed by atoms with Crippen LogP contribution in [0.1, 0.15) is 17.8 Å². The molecular weight excluding hydrogens is 285 g/mol. The second-order valence-electron chi connectivity index (χ2n) is 5.36. The highest BCUT2D eigenvalue weighted by Gasteiger charge is 2.25. The molecule has 1 atom stereocenters. The minimum absolute atomic E-state index is 0.0150. The first kappa shape index (κ1) is 14.6. The normalized spacial score (nSPS) is 16.9. The van der Waals surface area contributed by atoms with Crippen LogP contribution in [0.25, 0.3) is 0 Å². The molecule has 0 spiro atoms. The number of halogens is 1. The van der Waals surface area contributed by atoms with Crippen LogP contribution >= 0.6 is 0 Å². The second kappa shape index (κ2) is 6.60. The minimum atomic E-state index is -0.295. The van der Waals surface area contributed by atoms with E-state index in [4.69, 9.17) is 4.74 Å². The fraction of sp³-hybridized carbons (Fsp3) is 0.375. The molecule has 0 fully saturated rings. The van der Waals surface area contributed by atoms with Crippen LogP contribution in [0.15, 0.2) is 30.6 Å². The maximum absolute atomic E-state index is 12.7. The Kier molecular flexibility index (Phi) is 4.37. The topological polar surface area (TPSA) is 67.0 Å². The van der Waals surface area contributed by atoms with Gasteiger partial charge in [-0.1, -0.05) is 0 Å². The fourth-order valence-electron chi connectivity index (χ4n) is 2.64. The Morgan fingerprint density at radius 3 is 3.05 bits per heavy atom. The summed E-state index contributed by atoms with van der Waals surface area (Å²) in [6.07, 6.45) is 4.05. The summed E-state index contributed by atoms with van der Waals surface area (Å²) in [6.45, 7) is 0.794. The van der Waals surface area contributed by atoms with Gasteiger partial charge in [0.15, 0.2) is 0 Å². The number of carbonyl (C=O) groups excluding carboxylic acids is 1. The van der Waals surface area contributed by atoms with E-state index in [-0.39, 0.29) is 17.6 Å². The van der Waals surface area contributed by atoms with Crippen molar-refractivity contribution in [3.63, 3.8) is 0 Å². The number of carbonyl (C=O) groups is 1. The lowest BCUT2D eigenvalue weighted by molar-refractivity contribution is -0.125. The summed E-state index contributed by atoms with van der Waals surface area (Å²) in [5.41, 5.74) is 2.14. The van der Waals surface area contributed by atoms with Gasteiger partial charge in [0.25, 0.3) is 0 Å². The molecule has 3 rings (SSSR count). The summed E-state index contributed by atoms with van der Waals surface area (Å²) in [7, 11) is 0. The Bertz CT molecular complexity index is 639. The lowest BCUT2D eigenvalue weighted by Gasteiger charge is -2.20. The van der Waals surface area contributed by atoms with Gasteiger partial charge in [-0.05, 0) is 37.1 Å². The Morgan fingerprint density at radius 1 is 1.41 bits per heavy atom. The predicted molar refractivity (Wildman–Crippen MR) is 79.0 cm³/mol. The number of aromatic nitrogens is 2. The SMILES string of the molecule is O=C(NCCOc1ccc(F)cc1)C1CCc2nc[nH]c2C1. The Morgan fingerprint density at radius 2 is 2.23 bits per heavy atom. The third-order valence-corrected chi connectivity index (χ3v) is 3.84. The van der Waals surface area contributed by atoms with E-state index in [1.54, 1.807) is 18.5 Å². The van der Waals surface area contributed by atoms with Crippen molar-refractivity contribution < 1.29 is 13.9 Å². The zero-order chi connectivity index (χ0) is 15.4. The average molecular weight is 303 g/mol. The summed E-state index contributed by atoms with van der Waals surface area (Å²) in [6, 6.07) is 5.83. The van der Waals surface area contributed by atoms with Gasteiger partial charge < -0.3 is 15.0 Å². The molecule has 6 heteroatoms. The number of aryl methyl sites for hydroxylation is 1.